The topological polar surface area (TPSA) is 98.2 Å². The Kier molecular flexibility index (Phi) is 6.37. The van der Waals surface area contributed by atoms with E-state index in [1.165, 1.54) is 0 Å². The molecule has 0 aliphatic carbocycles. The molecule has 0 spiro atoms. The predicted molar refractivity (Wildman–Crippen MR) is 80.9 cm³/mol. The van der Waals surface area contributed by atoms with Gasteiger partial charge in [-0.2, -0.15) is 0 Å². The number of anilines is 1. The van der Waals surface area contributed by atoms with Gasteiger partial charge in [0.1, 0.15) is 6.54 Å². The largest absolute Gasteiger partial charge is 0.480 e. The van der Waals surface area contributed by atoms with Gasteiger partial charge in [-0.1, -0.05) is 12.1 Å². The van der Waals surface area contributed by atoms with Crippen molar-refractivity contribution in [3.05, 3.63) is 29.8 Å². The van der Waals surface area contributed by atoms with Gasteiger partial charge in [0.25, 0.3) is 0 Å². The van der Waals surface area contributed by atoms with Gasteiger partial charge in [-0.15, -0.1) is 0 Å². The van der Waals surface area contributed by atoms with Crippen LogP contribution < -0.4 is 4.90 Å². The second-order valence-corrected chi connectivity index (χ2v) is 5.09. The maximum Gasteiger partial charge on any atom is 0.394 e. The zero-order valence-corrected chi connectivity index (χ0v) is 12.7. The SMILES string of the molecule is CN(C)c1ccc(CCCN(CC(=O)O)C(=O)C(=O)O)cc1. The first-order valence-electron chi connectivity index (χ1n) is 6.81. The molecule has 0 aliphatic heterocycles. The van der Waals surface area contributed by atoms with E-state index in [9.17, 15) is 14.4 Å². The summed E-state index contributed by atoms with van der Waals surface area (Å²) in [5, 5.41) is 17.4. The van der Waals surface area contributed by atoms with Crippen molar-refractivity contribution >= 4 is 23.5 Å². The van der Waals surface area contributed by atoms with Crippen LogP contribution in [0.25, 0.3) is 0 Å². The molecule has 0 saturated carbocycles. The van der Waals surface area contributed by atoms with Crippen molar-refractivity contribution in [3.63, 3.8) is 0 Å². The first-order valence-corrected chi connectivity index (χ1v) is 6.81. The fourth-order valence-corrected chi connectivity index (χ4v) is 1.99. The molecular formula is C15H20N2O5. The van der Waals surface area contributed by atoms with Gasteiger partial charge in [0.2, 0.25) is 0 Å². The molecule has 0 unspecified atom stereocenters. The number of carbonyl (C=O) groups is 3. The molecule has 120 valence electrons. The normalized spacial score (nSPS) is 10.1. The summed E-state index contributed by atoms with van der Waals surface area (Å²) in [6, 6.07) is 7.84. The third-order valence-electron chi connectivity index (χ3n) is 3.14. The van der Waals surface area contributed by atoms with Crippen LogP contribution in [0.5, 0.6) is 0 Å². The van der Waals surface area contributed by atoms with Crippen LogP contribution in [0.3, 0.4) is 0 Å². The number of hydrogen-bond acceptors (Lipinski definition) is 4. The molecule has 0 atom stereocenters. The Morgan fingerprint density at radius 2 is 1.64 bits per heavy atom. The van der Waals surface area contributed by atoms with Gasteiger partial charge in [-0.05, 0) is 30.5 Å². The number of carbonyl (C=O) groups excluding carboxylic acids is 1. The third kappa shape index (κ3) is 5.43. The van der Waals surface area contributed by atoms with E-state index in [-0.39, 0.29) is 6.54 Å². The average molecular weight is 308 g/mol. The molecule has 1 amide bonds. The number of benzene rings is 1. The van der Waals surface area contributed by atoms with Crippen molar-refractivity contribution in [3.8, 4) is 0 Å². The predicted octanol–water partition coefficient (Wildman–Crippen LogP) is 0.683. The van der Waals surface area contributed by atoms with Gasteiger partial charge in [0.05, 0.1) is 0 Å². The van der Waals surface area contributed by atoms with Gasteiger partial charge < -0.3 is 20.0 Å². The van der Waals surface area contributed by atoms with E-state index in [4.69, 9.17) is 10.2 Å². The van der Waals surface area contributed by atoms with Crippen LogP contribution in [0.2, 0.25) is 0 Å². The van der Waals surface area contributed by atoms with E-state index in [0.717, 1.165) is 16.2 Å². The number of hydrogen-bond donors (Lipinski definition) is 2. The Bertz CT molecular complexity index is 539. The fourth-order valence-electron chi connectivity index (χ4n) is 1.99. The Morgan fingerprint density at radius 3 is 2.09 bits per heavy atom. The monoisotopic (exact) mass is 308 g/mol. The van der Waals surface area contributed by atoms with E-state index in [1.807, 2.05) is 43.3 Å². The smallest absolute Gasteiger partial charge is 0.394 e. The summed E-state index contributed by atoms with van der Waals surface area (Å²) in [7, 11) is 3.88. The number of nitrogens with zero attached hydrogens (tertiary/aromatic N) is 2. The van der Waals surface area contributed by atoms with E-state index in [1.54, 1.807) is 0 Å². The lowest BCUT2D eigenvalue weighted by atomic mass is 10.1. The maximum atomic E-state index is 11.4. The molecule has 7 nitrogen and oxygen atoms in total. The lowest BCUT2D eigenvalue weighted by molar-refractivity contribution is -0.157. The van der Waals surface area contributed by atoms with Crippen LogP contribution in [0.15, 0.2) is 24.3 Å². The number of rotatable bonds is 7. The summed E-state index contributed by atoms with van der Waals surface area (Å²) in [5.41, 5.74) is 2.11. The van der Waals surface area contributed by atoms with E-state index in [2.05, 4.69) is 0 Å². The van der Waals surface area contributed by atoms with E-state index >= 15 is 0 Å². The second-order valence-electron chi connectivity index (χ2n) is 5.09. The first kappa shape index (κ1) is 17.5. The molecule has 0 saturated heterocycles. The van der Waals surface area contributed by atoms with Crippen molar-refractivity contribution in [1.82, 2.24) is 4.90 Å². The zero-order valence-electron chi connectivity index (χ0n) is 12.7. The van der Waals surface area contributed by atoms with Crippen LogP contribution in [0, 0.1) is 0 Å². The molecule has 7 heteroatoms. The Hall–Kier alpha value is -2.57. The summed E-state index contributed by atoms with van der Waals surface area (Å²) >= 11 is 0. The highest BCUT2D eigenvalue weighted by Crippen LogP contribution is 2.13. The Morgan fingerprint density at radius 1 is 1.05 bits per heavy atom. The van der Waals surface area contributed by atoms with E-state index < -0.39 is 24.4 Å². The zero-order chi connectivity index (χ0) is 16.7. The van der Waals surface area contributed by atoms with Crippen LogP contribution in [0.1, 0.15) is 12.0 Å². The molecular weight excluding hydrogens is 288 g/mol. The minimum absolute atomic E-state index is 0.0901. The number of aryl methyl sites for hydroxylation is 1. The molecule has 22 heavy (non-hydrogen) atoms. The van der Waals surface area contributed by atoms with Gasteiger partial charge in [0, 0.05) is 26.3 Å². The van der Waals surface area contributed by atoms with E-state index in [0.29, 0.717) is 12.8 Å². The maximum absolute atomic E-state index is 11.4. The van der Waals surface area contributed by atoms with Crippen LogP contribution in [-0.2, 0) is 20.8 Å². The summed E-state index contributed by atoms with van der Waals surface area (Å²) in [6.45, 7) is -0.516. The summed E-state index contributed by atoms with van der Waals surface area (Å²) in [4.78, 5) is 35.6. The van der Waals surface area contributed by atoms with Crippen molar-refractivity contribution in [2.75, 3.05) is 32.1 Å². The quantitative estimate of drug-likeness (QED) is 0.719. The highest BCUT2D eigenvalue weighted by Gasteiger charge is 2.22. The average Bonchev–Trinajstić information content (AvgIpc) is 2.45. The van der Waals surface area contributed by atoms with Crippen LogP contribution >= 0.6 is 0 Å². The summed E-state index contributed by atoms with van der Waals surface area (Å²) < 4.78 is 0. The molecule has 0 heterocycles. The number of carboxylic acid groups (broad SMARTS) is 2. The molecule has 0 bridgehead atoms. The van der Waals surface area contributed by atoms with Crippen molar-refractivity contribution in [2.24, 2.45) is 0 Å². The summed E-state index contributed by atoms with van der Waals surface area (Å²) in [6.07, 6.45) is 1.13. The number of carboxylic acids is 2. The second kappa shape index (κ2) is 8.02. The Balaban J connectivity index is 2.56. The first-order chi connectivity index (χ1) is 10.3. The molecule has 1 aromatic rings. The van der Waals surface area contributed by atoms with Gasteiger partial charge in [-0.25, -0.2) is 4.79 Å². The van der Waals surface area contributed by atoms with Gasteiger partial charge >= 0.3 is 17.8 Å². The van der Waals surface area contributed by atoms with Crippen molar-refractivity contribution in [2.45, 2.75) is 12.8 Å². The molecule has 2 N–H and O–H groups in total. The highest BCUT2D eigenvalue weighted by atomic mass is 16.4. The van der Waals surface area contributed by atoms with Crippen LogP contribution in [-0.4, -0.2) is 60.1 Å². The molecule has 0 aromatic heterocycles. The van der Waals surface area contributed by atoms with Crippen LogP contribution in [0.4, 0.5) is 5.69 Å². The molecule has 0 aliphatic rings. The lowest BCUT2D eigenvalue weighted by Gasteiger charge is -2.18. The minimum atomic E-state index is -1.64. The molecule has 1 rings (SSSR count). The fraction of sp³-hybridized carbons (Fsp3) is 0.400. The molecule has 0 fully saturated rings. The third-order valence-corrected chi connectivity index (χ3v) is 3.14. The number of amides is 1. The Labute approximate surface area is 128 Å². The highest BCUT2D eigenvalue weighted by molar-refractivity contribution is 6.31. The standard InChI is InChI=1S/C15H20N2O5/c1-16(2)12-7-5-11(6-8-12)4-3-9-17(10-13(18)19)14(20)15(21)22/h5-8H,3-4,9-10H2,1-2H3,(H,18,19)(H,21,22). The molecule has 0 radical (unpaired) electrons. The van der Waals surface area contributed by atoms with Crippen molar-refractivity contribution < 1.29 is 24.6 Å². The summed E-state index contributed by atoms with van der Waals surface area (Å²) in [5.74, 6) is -4.06. The minimum Gasteiger partial charge on any atom is -0.480 e. The lowest BCUT2D eigenvalue weighted by Crippen LogP contribution is -2.40. The van der Waals surface area contributed by atoms with Crippen molar-refractivity contribution in [1.29, 1.82) is 0 Å². The van der Waals surface area contributed by atoms with Gasteiger partial charge in [-0.3, -0.25) is 9.59 Å². The molecule has 1 aromatic carbocycles. The van der Waals surface area contributed by atoms with Gasteiger partial charge in [0.15, 0.2) is 0 Å². The number of aliphatic carboxylic acids is 2.